The fourth-order valence-electron chi connectivity index (χ4n) is 5.21. The van der Waals surface area contributed by atoms with Crippen molar-refractivity contribution in [3.8, 4) is 0 Å². The lowest BCUT2D eigenvalue weighted by Gasteiger charge is -2.31. The second-order valence-corrected chi connectivity index (χ2v) is 10.2. The van der Waals surface area contributed by atoms with Crippen molar-refractivity contribution < 1.29 is 23.8 Å². The Morgan fingerprint density at radius 3 is 2.65 bits per heavy atom. The van der Waals surface area contributed by atoms with Crippen molar-refractivity contribution in [3.63, 3.8) is 0 Å². The Morgan fingerprint density at radius 2 is 1.86 bits per heavy atom. The Hall–Kier alpha value is -3.60. The van der Waals surface area contributed by atoms with Crippen LogP contribution in [0.2, 0.25) is 0 Å². The van der Waals surface area contributed by atoms with Crippen molar-refractivity contribution >= 4 is 39.0 Å². The molecule has 1 N–H and O–H groups in total. The van der Waals surface area contributed by atoms with Gasteiger partial charge < -0.3 is 14.7 Å². The average molecular weight is 521 g/mol. The number of thiazole rings is 1. The van der Waals surface area contributed by atoms with Crippen molar-refractivity contribution in [2.24, 2.45) is 0 Å². The summed E-state index contributed by atoms with van der Waals surface area (Å²) in [5.74, 6) is -2.34. The van der Waals surface area contributed by atoms with Crippen molar-refractivity contribution in [3.05, 3.63) is 81.8 Å². The van der Waals surface area contributed by atoms with Gasteiger partial charge in [0.1, 0.15) is 5.82 Å². The first kappa shape index (κ1) is 23.8. The number of aliphatic hydroxyl groups excluding tert-OH is 1. The number of morpholine rings is 1. The minimum atomic E-state index is -1.03. The van der Waals surface area contributed by atoms with Gasteiger partial charge in [0.15, 0.2) is 10.7 Å². The van der Waals surface area contributed by atoms with E-state index in [0.717, 1.165) is 24.1 Å². The van der Waals surface area contributed by atoms with Crippen molar-refractivity contribution in [2.75, 3.05) is 39.4 Å². The number of halogens is 1. The predicted molar refractivity (Wildman–Crippen MR) is 137 cm³/mol. The van der Waals surface area contributed by atoms with E-state index in [1.807, 2.05) is 35.6 Å². The van der Waals surface area contributed by atoms with E-state index in [4.69, 9.17) is 4.74 Å². The maximum atomic E-state index is 15.1. The first-order chi connectivity index (χ1) is 18.0. The Bertz CT molecular complexity index is 1570. The number of rotatable bonds is 6. The first-order valence-corrected chi connectivity index (χ1v) is 13.0. The number of para-hydroxylation sites is 2. The largest absolute Gasteiger partial charge is 0.503 e. The van der Waals surface area contributed by atoms with Crippen molar-refractivity contribution in [1.82, 2.24) is 19.2 Å². The summed E-state index contributed by atoms with van der Waals surface area (Å²) in [7, 11) is 0. The normalized spacial score (nSPS) is 19.0. The molecule has 2 aliphatic rings. The summed E-state index contributed by atoms with van der Waals surface area (Å²) in [5.41, 5.74) is 2.41. The van der Waals surface area contributed by atoms with Crippen LogP contribution in [0.5, 0.6) is 0 Å². The molecule has 2 aliphatic heterocycles. The third-order valence-electron chi connectivity index (χ3n) is 7.10. The maximum absolute atomic E-state index is 15.1. The molecule has 6 rings (SSSR count). The fraction of sp³-hybridized carbons (Fsp3) is 0.296. The minimum Gasteiger partial charge on any atom is -0.503 e. The monoisotopic (exact) mass is 520 g/mol. The number of hydrogen-bond acceptors (Lipinski definition) is 7. The number of fused-ring (bicyclic) bond motifs is 3. The Labute approximate surface area is 216 Å². The lowest BCUT2D eigenvalue weighted by molar-refractivity contribution is -0.129. The van der Waals surface area contributed by atoms with Crippen molar-refractivity contribution in [1.29, 1.82) is 0 Å². The number of hydrogen-bond donors (Lipinski definition) is 1. The van der Waals surface area contributed by atoms with Crippen LogP contribution in [0.15, 0.2) is 59.9 Å². The van der Waals surface area contributed by atoms with Gasteiger partial charge in [-0.25, -0.2) is 9.37 Å². The highest BCUT2D eigenvalue weighted by Crippen LogP contribution is 2.41. The van der Waals surface area contributed by atoms with Crippen LogP contribution in [-0.2, 0) is 9.53 Å². The fourth-order valence-corrected chi connectivity index (χ4v) is 6.30. The molecule has 4 heterocycles. The minimum absolute atomic E-state index is 0.103. The average Bonchev–Trinajstić information content (AvgIpc) is 3.52. The van der Waals surface area contributed by atoms with Crippen LogP contribution >= 0.6 is 11.3 Å². The van der Waals surface area contributed by atoms with Gasteiger partial charge in [-0.05, 0) is 25.1 Å². The maximum Gasteiger partial charge on any atom is 0.290 e. The zero-order chi connectivity index (χ0) is 25.7. The van der Waals surface area contributed by atoms with Gasteiger partial charge in [0.05, 0.1) is 40.7 Å². The van der Waals surface area contributed by atoms with E-state index in [9.17, 15) is 14.7 Å². The van der Waals surface area contributed by atoms with Gasteiger partial charge in [-0.1, -0.05) is 41.7 Å². The van der Waals surface area contributed by atoms with Gasteiger partial charge in [-0.2, -0.15) is 0 Å². The summed E-state index contributed by atoms with van der Waals surface area (Å²) >= 11 is 1.20. The molecule has 0 spiro atoms. The summed E-state index contributed by atoms with van der Waals surface area (Å²) in [6.45, 7) is 5.22. The molecule has 0 saturated carbocycles. The van der Waals surface area contributed by atoms with Crippen LogP contribution in [0.4, 0.5) is 4.39 Å². The van der Waals surface area contributed by atoms with Crippen LogP contribution in [0.25, 0.3) is 16.0 Å². The number of aliphatic hydroxyl groups is 1. The predicted octanol–water partition coefficient (Wildman–Crippen LogP) is 3.91. The molecule has 10 heteroatoms. The van der Waals surface area contributed by atoms with Gasteiger partial charge in [-0.15, -0.1) is 0 Å². The SMILES string of the molecule is Cc1c(C(=O)C2=C(O)C(=O)N(CCN3CCOCC3)C2c2ccccc2F)sc2nc3ccccc3n12. The van der Waals surface area contributed by atoms with Crippen LogP contribution < -0.4 is 0 Å². The number of Topliss-reactive ketones (excluding diaryl/α,β-unsaturated/α-hetero) is 1. The number of aromatic nitrogens is 2. The number of aryl methyl sites for hydroxylation is 1. The van der Waals surface area contributed by atoms with E-state index in [0.29, 0.717) is 35.3 Å². The summed E-state index contributed by atoms with van der Waals surface area (Å²) < 4.78 is 22.4. The molecule has 8 nitrogen and oxygen atoms in total. The van der Waals surface area contributed by atoms with E-state index >= 15 is 4.39 Å². The summed E-state index contributed by atoms with van der Waals surface area (Å²) in [6.07, 6.45) is 0. The molecule has 190 valence electrons. The van der Waals surface area contributed by atoms with E-state index in [1.165, 1.54) is 22.3 Å². The smallest absolute Gasteiger partial charge is 0.290 e. The molecule has 1 fully saturated rings. The number of ketones is 1. The molecular formula is C27H25FN4O4S. The number of carbonyl (C=O) groups excluding carboxylic acids is 2. The molecule has 1 amide bonds. The molecular weight excluding hydrogens is 495 g/mol. The molecule has 0 aliphatic carbocycles. The highest BCUT2D eigenvalue weighted by atomic mass is 32.1. The highest BCUT2D eigenvalue weighted by Gasteiger charge is 2.45. The summed E-state index contributed by atoms with van der Waals surface area (Å²) in [6, 6.07) is 12.7. The van der Waals surface area contributed by atoms with Gasteiger partial charge in [0.25, 0.3) is 5.91 Å². The molecule has 37 heavy (non-hydrogen) atoms. The Kier molecular flexibility index (Phi) is 6.02. The second-order valence-electron chi connectivity index (χ2n) is 9.20. The van der Waals surface area contributed by atoms with Crippen LogP contribution in [-0.4, -0.2) is 75.4 Å². The quantitative estimate of drug-likeness (QED) is 0.388. The third kappa shape index (κ3) is 3.92. The summed E-state index contributed by atoms with van der Waals surface area (Å²) in [4.78, 5) is 36.5. The van der Waals surface area contributed by atoms with Crippen LogP contribution in [0.3, 0.4) is 0 Å². The second kappa shape index (κ2) is 9.37. The highest BCUT2D eigenvalue weighted by molar-refractivity contribution is 7.19. The van der Waals surface area contributed by atoms with Crippen LogP contribution in [0, 0.1) is 12.7 Å². The topological polar surface area (TPSA) is 87.4 Å². The van der Waals surface area contributed by atoms with E-state index in [-0.39, 0.29) is 17.7 Å². The number of carbonyl (C=O) groups is 2. The molecule has 4 aromatic rings. The van der Waals surface area contributed by atoms with Gasteiger partial charge in [0, 0.05) is 37.4 Å². The number of nitrogens with zero attached hydrogens (tertiary/aromatic N) is 4. The molecule has 0 radical (unpaired) electrons. The summed E-state index contributed by atoms with van der Waals surface area (Å²) in [5, 5.41) is 11.0. The van der Waals surface area contributed by atoms with Gasteiger partial charge >= 0.3 is 0 Å². The lowest BCUT2D eigenvalue weighted by Crippen LogP contribution is -2.43. The van der Waals surface area contributed by atoms with E-state index in [2.05, 4.69) is 9.88 Å². The Morgan fingerprint density at radius 1 is 1.14 bits per heavy atom. The zero-order valence-corrected chi connectivity index (χ0v) is 21.0. The zero-order valence-electron chi connectivity index (χ0n) is 20.2. The standard InChI is InChI=1S/C27H25FN4O4S/c1-16-25(37-27-29-19-8-4-5-9-20(19)32(16)27)23(33)21-22(17-6-2-3-7-18(17)28)31(26(35)24(21)34)11-10-30-12-14-36-15-13-30/h2-9,22,34H,10-15H2,1H3. The first-order valence-electron chi connectivity index (χ1n) is 12.2. The number of benzene rings is 2. The third-order valence-corrected chi connectivity index (χ3v) is 8.24. The van der Waals surface area contributed by atoms with E-state index < -0.39 is 29.3 Å². The number of ether oxygens (including phenoxy) is 1. The molecule has 1 atom stereocenters. The van der Waals surface area contributed by atoms with Crippen LogP contribution in [0.1, 0.15) is 27.0 Å². The van der Waals surface area contributed by atoms with Gasteiger partial charge in [0.2, 0.25) is 5.78 Å². The van der Waals surface area contributed by atoms with Crippen molar-refractivity contribution in [2.45, 2.75) is 13.0 Å². The lowest BCUT2D eigenvalue weighted by atomic mass is 9.94. The number of imidazole rings is 1. The molecule has 0 bridgehead atoms. The van der Waals surface area contributed by atoms with E-state index in [1.54, 1.807) is 18.2 Å². The Balaban J connectivity index is 1.41. The van der Waals surface area contributed by atoms with Gasteiger partial charge in [-0.3, -0.25) is 18.9 Å². The molecule has 2 aromatic carbocycles. The molecule has 2 aromatic heterocycles. The number of amides is 1. The molecule has 1 unspecified atom stereocenters. The molecule has 1 saturated heterocycles.